The first-order valence-corrected chi connectivity index (χ1v) is 5.96. The largest absolute Gasteiger partial charge is 0.316 e. The summed E-state index contributed by atoms with van der Waals surface area (Å²) >= 11 is 0. The van der Waals surface area contributed by atoms with E-state index in [4.69, 9.17) is 0 Å². The van der Waals surface area contributed by atoms with Crippen LogP contribution in [0.4, 0.5) is 0 Å². The molecule has 0 aromatic rings. The molecule has 2 nitrogen and oxygen atoms in total. The molecule has 1 saturated heterocycles. The second kappa shape index (κ2) is 3.49. The van der Waals surface area contributed by atoms with Gasteiger partial charge in [0, 0.05) is 19.1 Å². The standard InChI is InChI=1S/C12H24N2/c1-11(2)7-10(11)14-9-12(3)5-4-6-13-8-12/h10,13-14H,4-9H2,1-3H3. The molecule has 0 radical (unpaired) electrons. The number of nitrogens with one attached hydrogen (secondary N) is 2. The van der Waals surface area contributed by atoms with Crippen LogP contribution in [0, 0.1) is 10.8 Å². The number of piperidine rings is 1. The van der Waals surface area contributed by atoms with Gasteiger partial charge in [0.25, 0.3) is 0 Å². The second-order valence-corrected chi connectivity index (χ2v) is 6.22. The molecule has 2 aliphatic rings. The highest BCUT2D eigenvalue weighted by atomic mass is 15.0. The molecule has 1 aliphatic heterocycles. The van der Waals surface area contributed by atoms with Gasteiger partial charge in [0.2, 0.25) is 0 Å². The molecule has 0 bridgehead atoms. The molecule has 0 aromatic carbocycles. The van der Waals surface area contributed by atoms with Gasteiger partial charge in [-0.2, -0.15) is 0 Å². The summed E-state index contributed by atoms with van der Waals surface area (Å²) in [4.78, 5) is 0. The zero-order valence-electron chi connectivity index (χ0n) is 9.82. The van der Waals surface area contributed by atoms with E-state index < -0.39 is 0 Å². The van der Waals surface area contributed by atoms with Gasteiger partial charge in [-0.25, -0.2) is 0 Å². The molecule has 2 unspecified atom stereocenters. The van der Waals surface area contributed by atoms with Gasteiger partial charge in [-0.05, 0) is 36.6 Å². The molecule has 2 rings (SSSR count). The maximum Gasteiger partial charge on any atom is 0.0125 e. The predicted molar refractivity (Wildman–Crippen MR) is 60.4 cm³/mol. The van der Waals surface area contributed by atoms with Crippen molar-refractivity contribution in [2.45, 2.75) is 46.1 Å². The van der Waals surface area contributed by atoms with Crippen LogP contribution in [0.3, 0.4) is 0 Å². The molecular weight excluding hydrogens is 172 g/mol. The fraction of sp³-hybridized carbons (Fsp3) is 1.00. The number of rotatable bonds is 3. The van der Waals surface area contributed by atoms with E-state index in [9.17, 15) is 0 Å². The third kappa shape index (κ3) is 2.29. The highest BCUT2D eigenvalue weighted by Crippen LogP contribution is 2.45. The minimum Gasteiger partial charge on any atom is -0.316 e. The minimum atomic E-state index is 0.497. The first kappa shape index (κ1) is 10.4. The Morgan fingerprint density at radius 1 is 1.36 bits per heavy atom. The monoisotopic (exact) mass is 196 g/mol. The summed E-state index contributed by atoms with van der Waals surface area (Å²) in [6.07, 6.45) is 4.07. The summed E-state index contributed by atoms with van der Waals surface area (Å²) in [6, 6.07) is 0.779. The Labute approximate surface area is 87.8 Å². The smallest absolute Gasteiger partial charge is 0.0125 e. The average Bonchev–Trinajstić information content (AvgIpc) is 2.73. The summed E-state index contributed by atoms with van der Waals surface area (Å²) in [7, 11) is 0. The van der Waals surface area contributed by atoms with E-state index in [1.54, 1.807) is 0 Å². The lowest BCUT2D eigenvalue weighted by molar-refractivity contribution is 0.223. The maximum absolute atomic E-state index is 3.72. The highest BCUT2D eigenvalue weighted by Gasteiger charge is 2.45. The van der Waals surface area contributed by atoms with Crippen LogP contribution in [0.5, 0.6) is 0 Å². The predicted octanol–water partition coefficient (Wildman–Crippen LogP) is 1.76. The van der Waals surface area contributed by atoms with Gasteiger partial charge in [-0.1, -0.05) is 20.8 Å². The van der Waals surface area contributed by atoms with Crippen LogP contribution in [-0.4, -0.2) is 25.7 Å². The van der Waals surface area contributed by atoms with E-state index in [-0.39, 0.29) is 0 Å². The van der Waals surface area contributed by atoms with Crippen molar-refractivity contribution in [2.24, 2.45) is 10.8 Å². The van der Waals surface area contributed by atoms with Gasteiger partial charge in [0.1, 0.15) is 0 Å². The summed E-state index contributed by atoms with van der Waals surface area (Å²) in [6.45, 7) is 10.7. The quantitative estimate of drug-likeness (QED) is 0.719. The highest BCUT2D eigenvalue weighted by molar-refractivity contribution is 5.02. The van der Waals surface area contributed by atoms with E-state index in [1.807, 2.05) is 0 Å². The summed E-state index contributed by atoms with van der Waals surface area (Å²) in [5, 5.41) is 7.22. The fourth-order valence-electron chi connectivity index (χ4n) is 2.45. The van der Waals surface area contributed by atoms with Crippen LogP contribution in [0.2, 0.25) is 0 Å². The molecular formula is C12H24N2. The molecule has 82 valence electrons. The lowest BCUT2D eigenvalue weighted by atomic mass is 9.83. The van der Waals surface area contributed by atoms with Crippen molar-refractivity contribution in [1.82, 2.24) is 10.6 Å². The average molecular weight is 196 g/mol. The first-order valence-electron chi connectivity index (χ1n) is 5.96. The number of hydrogen-bond acceptors (Lipinski definition) is 2. The van der Waals surface area contributed by atoms with Crippen molar-refractivity contribution < 1.29 is 0 Å². The normalized spacial score (nSPS) is 40.9. The molecule has 2 N–H and O–H groups in total. The zero-order valence-corrected chi connectivity index (χ0v) is 9.82. The Balaban J connectivity index is 1.74. The van der Waals surface area contributed by atoms with Crippen molar-refractivity contribution in [3.63, 3.8) is 0 Å². The Morgan fingerprint density at radius 2 is 2.07 bits per heavy atom. The summed E-state index contributed by atoms with van der Waals surface area (Å²) in [5.74, 6) is 0. The van der Waals surface area contributed by atoms with Gasteiger partial charge in [0.15, 0.2) is 0 Å². The molecule has 0 spiro atoms. The van der Waals surface area contributed by atoms with E-state index in [0.29, 0.717) is 10.8 Å². The Morgan fingerprint density at radius 3 is 2.57 bits per heavy atom. The second-order valence-electron chi connectivity index (χ2n) is 6.22. The van der Waals surface area contributed by atoms with Crippen LogP contribution in [-0.2, 0) is 0 Å². The molecule has 0 amide bonds. The van der Waals surface area contributed by atoms with Crippen LogP contribution >= 0.6 is 0 Å². The first-order chi connectivity index (χ1) is 6.52. The van der Waals surface area contributed by atoms with E-state index in [2.05, 4.69) is 31.4 Å². The Kier molecular flexibility index (Phi) is 2.61. The Bertz CT molecular complexity index is 204. The lowest BCUT2D eigenvalue weighted by Crippen LogP contribution is -2.45. The van der Waals surface area contributed by atoms with Crippen LogP contribution in [0.1, 0.15) is 40.0 Å². The van der Waals surface area contributed by atoms with E-state index in [1.165, 1.54) is 38.9 Å². The van der Waals surface area contributed by atoms with Crippen LogP contribution in [0.25, 0.3) is 0 Å². The molecule has 2 heteroatoms. The topological polar surface area (TPSA) is 24.1 Å². The number of hydrogen-bond donors (Lipinski definition) is 2. The van der Waals surface area contributed by atoms with Gasteiger partial charge in [0.05, 0.1) is 0 Å². The van der Waals surface area contributed by atoms with Gasteiger partial charge < -0.3 is 10.6 Å². The lowest BCUT2D eigenvalue weighted by Gasteiger charge is -2.34. The molecule has 2 fully saturated rings. The van der Waals surface area contributed by atoms with Gasteiger partial charge in [-0.3, -0.25) is 0 Å². The maximum atomic E-state index is 3.72. The van der Waals surface area contributed by atoms with E-state index in [0.717, 1.165) is 6.04 Å². The SMILES string of the molecule is CC1(CNC2CC2(C)C)CCCNC1. The van der Waals surface area contributed by atoms with Crippen molar-refractivity contribution in [2.75, 3.05) is 19.6 Å². The van der Waals surface area contributed by atoms with Crippen molar-refractivity contribution >= 4 is 0 Å². The van der Waals surface area contributed by atoms with Crippen molar-refractivity contribution in [3.8, 4) is 0 Å². The zero-order chi connectivity index (χ0) is 10.2. The van der Waals surface area contributed by atoms with Gasteiger partial charge in [-0.15, -0.1) is 0 Å². The van der Waals surface area contributed by atoms with Crippen molar-refractivity contribution in [1.29, 1.82) is 0 Å². The summed E-state index contributed by atoms with van der Waals surface area (Å²) in [5.41, 5.74) is 1.06. The Hall–Kier alpha value is -0.0800. The molecule has 2 atom stereocenters. The molecule has 1 saturated carbocycles. The molecule has 14 heavy (non-hydrogen) atoms. The minimum absolute atomic E-state index is 0.497. The molecule has 1 heterocycles. The third-order valence-corrected chi connectivity index (χ3v) is 3.97. The third-order valence-electron chi connectivity index (χ3n) is 3.97. The van der Waals surface area contributed by atoms with Gasteiger partial charge >= 0.3 is 0 Å². The van der Waals surface area contributed by atoms with E-state index >= 15 is 0 Å². The van der Waals surface area contributed by atoms with Crippen LogP contribution < -0.4 is 10.6 Å². The molecule has 1 aliphatic carbocycles. The fourth-order valence-corrected chi connectivity index (χ4v) is 2.45. The molecule has 0 aromatic heterocycles. The van der Waals surface area contributed by atoms with Crippen LogP contribution in [0.15, 0.2) is 0 Å². The van der Waals surface area contributed by atoms with Crippen molar-refractivity contribution in [3.05, 3.63) is 0 Å². The summed E-state index contributed by atoms with van der Waals surface area (Å²) < 4.78 is 0.